The van der Waals surface area contributed by atoms with Gasteiger partial charge in [-0.3, -0.25) is 4.79 Å². The van der Waals surface area contributed by atoms with Gasteiger partial charge in [-0.25, -0.2) is 9.97 Å². The van der Waals surface area contributed by atoms with Gasteiger partial charge in [0.25, 0.3) is 5.91 Å². The molecule has 1 aromatic rings. The number of carbonyl (C=O) groups is 1. The van der Waals surface area contributed by atoms with E-state index in [1.54, 1.807) is 6.20 Å². The van der Waals surface area contributed by atoms with Crippen molar-refractivity contribution >= 4 is 11.7 Å². The van der Waals surface area contributed by atoms with Crippen LogP contribution in [-0.2, 0) is 0 Å². The number of nitrogens with one attached hydrogen (secondary N) is 2. The summed E-state index contributed by atoms with van der Waals surface area (Å²) >= 11 is 0. The Labute approximate surface area is 115 Å². The zero-order chi connectivity index (χ0) is 14.3. The third-order valence-electron chi connectivity index (χ3n) is 2.46. The second-order valence-corrected chi connectivity index (χ2v) is 5.62. The molecule has 0 aliphatic rings. The molecule has 2 N–H and O–H groups in total. The SMILES string of the molecule is CCCCCNc1cnc(C(=O)NC(C)(C)C)cn1. The van der Waals surface area contributed by atoms with Crippen LogP contribution in [-0.4, -0.2) is 28.0 Å². The van der Waals surface area contributed by atoms with Gasteiger partial charge in [0, 0.05) is 12.1 Å². The molecule has 0 unspecified atom stereocenters. The molecule has 0 spiro atoms. The summed E-state index contributed by atoms with van der Waals surface area (Å²) in [4.78, 5) is 20.2. The van der Waals surface area contributed by atoms with Crippen LogP contribution in [0.4, 0.5) is 5.82 Å². The molecule has 1 heterocycles. The lowest BCUT2D eigenvalue weighted by molar-refractivity contribution is 0.0914. The second kappa shape index (κ2) is 7.07. The highest BCUT2D eigenvalue weighted by atomic mass is 16.2. The second-order valence-electron chi connectivity index (χ2n) is 5.62. The summed E-state index contributed by atoms with van der Waals surface area (Å²) in [6.45, 7) is 8.85. The van der Waals surface area contributed by atoms with Crippen LogP contribution in [0.3, 0.4) is 0 Å². The Morgan fingerprint density at radius 1 is 1.21 bits per heavy atom. The third kappa shape index (κ3) is 6.18. The summed E-state index contributed by atoms with van der Waals surface area (Å²) in [6.07, 6.45) is 6.61. The van der Waals surface area contributed by atoms with E-state index < -0.39 is 0 Å². The fraction of sp³-hybridized carbons (Fsp3) is 0.643. The van der Waals surface area contributed by atoms with Gasteiger partial charge in [0.2, 0.25) is 0 Å². The van der Waals surface area contributed by atoms with Crippen molar-refractivity contribution in [3.05, 3.63) is 18.1 Å². The molecule has 1 aromatic heterocycles. The zero-order valence-corrected chi connectivity index (χ0v) is 12.3. The Morgan fingerprint density at radius 2 is 1.95 bits per heavy atom. The minimum absolute atomic E-state index is 0.197. The van der Waals surface area contributed by atoms with E-state index >= 15 is 0 Å². The van der Waals surface area contributed by atoms with E-state index in [9.17, 15) is 4.79 Å². The van der Waals surface area contributed by atoms with Gasteiger partial charge in [0.15, 0.2) is 0 Å². The number of carbonyl (C=O) groups excluding carboxylic acids is 1. The monoisotopic (exact) mass is 264 g/mol. The largest absolute Gasteiger partial charge is 0.369 e. The Hall–Kier alpha value is -1.65. The Balaban J connectivity index is 2.49. The van der Waals surface area contributed by atoms with E-state index in [4.69, 9.17) is 0 Å². The first-order valence-corrected chi connectivity index (χ1v) is 6.81. The first-order valence-electron chi connectivity index (χ1n) is 6.81. The van der Waals surface area contributed by atoms with Crippen LogP contribution in [0.25, 0.3) is 0 Å². The molecule has 0 radical (unpaired) electrons. The van der Waals surface area contributed by atoms with Crippen LogP contribution in [0.5, 0.6) is 0 Å². The number of nitrogens with zero attached hydrogens (tertiary/aromatic N) is 2. The molecule has 0 saturated heterocycles. The fourth-order valence-electron chi connectivity index (χ4n) is 1.53. The highest BCUT2D eigenvalue weighted by molar-refractivity contribution is 5.92. The van der Waals surface area contributed by atoms with Gasteiger partial charge < -0.3 is 10.6 Å². The molecule has 1 rings (SSSR count). The summed E-state index contributed by atoms with van der Waals surface area (Å²) in [5.74, 6) is 0.515. The van der Waals surface area contributed by atoms with Gasteiger partial charge in [0.05, 0.1) is 12.4 Å². The molecule has 0 fully saturated rings. The standard InChI is InChI=1S/C14H24N4O/c1-5-6-7-8-15-12-10-16-11(9-17-12)13(19)18-14(2,3)4/h9-10H,5-8H2,1-4H3,(H,15,17)(H,18,19). The third-order valence-corrected chi connectivity index (χ3v) is 2.46. The fourth-order valence-corrected chi connectivity index (χ4v) is 1.53. The maximum Gasteiger partial charge on any atom is 0.271 e. The van der Waals surface area contributed by atoms with Gasteiger partial charge in [-0.15, -0.1) is 0 Å². The number of amides is 1. The van der Waals surface area contributed by atoms with Crippen LogP contribution >= 0.6 is 0 Å². The minimum atomic E-state index is -0.268. The first-order chi connectivity index (χ1) is 8.92. The van der Waals surface area contributed by atoms with Crippen LogP contribution in [0.2, 0.25) is 0 Å². The Bertz CT molecular complexity index is 395. The molecule has 1 amide bonds. The Morgan fingerprint density at radius 3 is 2.47 bits per heavy atom. The normalized spacial score (nSPS) is 11.2. The molecule has 5 heteroatoms. The van der Waals surface area contributed by atoms with Gasteiger partial charge in [-0.2, -0.15) is 0 Å². The van der Waals surface area contributed by atoms with E-state index in [0.717, 1.165) is 13.0 Å². The summed E-state index contributed by atoms with van der Waals surface area (Å²) < 4.78 is 0. The van der Waals surface area contributed by atoms with E-state index in [0.29, 0.717) is 11.5 Å². The lowest BCUT2D eigenvalue weighted by atomic mass is 10.1. The maximum atomic E-state index is 11.8. The highest BCUT2D eigenvalue weighted by Crippen LogP contribution is 2.05. The van der Waals surface area contributed by atoms with Crippen molar-refractivity contribution in [2.75, 3.05) is 11.9 Å². The molecule has 0 aliphatic carbocycles. The molecular weight excluding hydrogens is 240 g/mol. The van der Waals surface area contributed by atoms with E-state index in [-0.39, 0.29) is 11.4 Å². The molecule has 106 valence electrons. The average molecular weight is 264 g/mol. The number of hydrogen-bond donors (Lipinski definition) is 2. The van der Waals surface area contributed by atoms with Crippen LogP contribution in [0.15, 0.2) is 12.4 Å². The quantitative estimate of drug-likeness (QED) is 0.775. The Kier molecular flexibility index (Phi) is 5.73. The predicted molar refractivity (Wildman–Crippen MR) is 77.3 cm³/mol. The van der Waals surface area contributed by atoms with E-state index in [1.165, 1.54) is 19.0 Å². The zero-order valence-electron chi connectivity index (χ0n) is 12.3. The number of unbranched alkanes of at least 4 members (excludes halogenated alkanes) is 2. The van der Waals surface area contributed by atoms with Gasteiger partial charge in [-0.05, 0) is 27.2 Å². The van der Waals surface area contributed by atoms with Gasteiger partial charge in [0.1, 0.15) is 11.5 Å². The maximum absolute atomic E-state index is 11.8. The molecule has 0 bridgehead atoms. The van der Waals surface area contributed by atoms with Crippen molar-refractivity contribution in [3.8, 4) is 0 Å². The number of aromatic nitrogens is 2. The molecule has 0 atom stereocenters. The smallest absolute Gasteiger partial charge is 0.271 e. The van der Waals surface area contributed by atoms with Crippen molar-refractivity contribution in [1.82, 2.24) is 15.3 Å². The van der Waals surface area contributed by atoms with Crippen molar-refractivity contribution in [2.45, 2.75) is 52.5 Å². The molecule has 5 nitrogen and oxygen atoms in total. The number of rotatable bonds is 6. The molecule has 0 aromatic carbocycles. The predicted octanol–water partition coefficient (Wildman–Crippen LogP) is 2.61. The number of hydrogen-bond acceptors (Lipinski definition) is 4. The minimum Gasteiger partial charge on any atom is -0.369 e. The van der Waals surface area contributed by atoms with Crippen molar-refractivity contribution in [2.24, 2.45) is 0 Å². The van der Waals surface area contributed by atoms with Gasteiger partial charge in [-0.1, -0.05) is 19.8 Å². The lowest BCUT2D eigenvalue weighted by Crippen LogP contribution is -2.40. The number of anilines is 1. The highest BCUT2D eigenvalue weighted by Gasteiger charge is 2.16. The lowest BCUT2D eigenvalue weighted by Gasteiger charge is -2.19. The first kappa shape index (κ1) is 15.4. The van der Waals surface area contributed by atoms with Crippen molar-refractivity contribution in [1.29, 1.82) is 0 Å². The summed E-state index contributed by atoms with van der Waals surface area (Å²) in [5.41, 5.74) is 0.0737. The van der Waals surface area contributed by atoms with Crippen LogP contribution in [0.1, 0.15) is 57.4 Å². The van der Waals surface area contributed by atoms with Crippen molar-refractivity contribution in [3.63, 3.8) is 0 Å². The molecule has 19 heavy (non-hydrogen) atoms. The molecular formula is C14H24N4O. The summed E-state index contributed by atoms with van der Waals surface area (Å²) in [7, 11) is 0. The topological polar surface area (TPSA) is 66.9 Å². The van der Waals surface area contributed by atoms with Gasteiger partial charge >= 0.3 is 0 Å². The van der Waals surface area contributed by atoms with E-state index in [2.05, 4.69) is 27.5 Å². The van der Waals surface area contributed by atoms with Crippen molar-refractivity contribution < 1.29 is 4.79 Å². The van der Waals surface area contributed by atoms with Crippen LogP contribution in [0, 0.1) is 0 Å². The van der Waals surface area contributed by atoms with E-state index in [1.807, 2.05) is 20.8 Å². The summed E-state index contributed by atoms with van der Waals surface area (Å²) in [6, 6.07) is 0. The molecule has 0 saturated carbocycles. The summed E-state index contributed by atoms with van der Waals surface area (Å²) in [5, 5.41) is 6.04. The molecule has 0 aliphatic heterocycles. The van der Waals surface area contributed by atoms with Crippen LogP contribution < -0.4 is 10.6 Å². The average Bonchev–Trinajstić information content (AvgIpc) is 2.33.